The SMILES string of the molecule is C=C(C#N)C(=O)O.C=COC(C)=O. The second-order valence-electron chi connectivity index (χ2n) is 1.67. The van der Waals surface area contributed by atoms with E-state index in [1.165, 1.54) is 13.0 Å². The molecule has 0 aliphatic rings. The Morgan fingerprint density at radius 1 is 1.62 bits per heavy atom. The first-order valence-corrected chi connectivity index (χ1v) is 3.06. The van der Waals surface area contributed by atoms with E-state index in [0.717, 1.165) is 6.26 Å². The highest BCUT2D eigenvalue weighted by molar-refractivity contribution is 5.90. The lowest BCUT2D eigenvalue weighted by molar-refractivity contribution is -0.135. The zero-order valence-electron chi connectivity index (χ0n) is 7.11. The van der Waals surface area contributed by atoms with Crippen molar-refractivity contribution in [2.75, 3.05) is 0 Å². The van der Waals surface area contributed by atoms with Crippen molar-refractivity contribution in [1.29, 1.82) is 5.26 Å². The topological polar surface area (TPSA) is 87.4 Å². The number of aliphatic carboxylic acids is 1. The number of rotatable bonds is 2. The van der Waals surface area contributed by atoms with E-state index in [0.29, 0.717) is 0 Å². The van der Waals surface area contributed by atoms with E-state index in [2.05, 4.69) is 17.9 Å². The Morgan fingerprint density at radius 2 is 2.08 bits per heavy atom. The molecule has 0 amide bonds. The van der Waals surface area contributed by atoms with Gasteiger partial charge >= 0.3 is 11.9 Å². The lowest BCUT2D eigenvalue weighted by atomic mass is 10.4. The number of ether oxygens (including phenoxy) is 1. The Hall–Kier alpha value is -2.09. The number of hydrogen-bond donors (Lipinski definition) is 1. The molecule has 0 fully saturated rings. The Morgan fingerprint density at radius 3 is 2.08 bits per heavy atom. The fraction of sp³-hybridized carbons (Fsp3) is 0.125. The number of carboxylic acids is 1. The molecule has 0 aromatic rings. The van der Waals surface area contributed by atoms with Crippen LogP contribution in [0.15, 0.2) is 25.0 Å². The Bertz CT molecular complexity index is 262. The zero-order chi connectivity index (χ0) is 10.9. The summed E-state index contributed by atoms with van der Waals surface area (Å²) in [6, 6.07) is 1.37. The number of carboxylic acid groups (broad SMARTS) is 1. The summed E-state index contributed by atoms with van der Waals surface area (Å²) in [4.78, 5) is 19.4. The van der Waals surface area contributed by atoms with E-state index in [9.17, 15) is 9.59 Å². The molecular formula is C8H9NO4. The van der Waals surface area contributed by atoms with Gasteiger partial charge in [-0.15, -0.1) is 0 Å². The molecule has 0 rings (SSSR count). The molecule has 0 unspecified atom stereocenters. The molecule has 0 saturated carbocycles. The highest BCUT2D eigenvalue weighted by atomic mass is 16.5. The van der Waals surface area contributed by atoms with Gasteiger partial charge in [0.2, 0.25) is 0 Å². The molecule has 0 heterocycles. The molecule has 0 aliphatic carbocycles. The van der Waals surface area contributed by atoms with Gasteiger partial charge in [-0.2, -0.15) is 5.26 Å². The van der Waals surface area contributed by atoms with Gasteiger partial charge in [0.05, 0.1) is 6.26 Å². The molecule has 0 spiro atoms. The van der Waals surface area contributed by atoms with Crippen LogP contribution >= 0.6 is 0 Å². The van der Waals surface area contributed by atoms with Crippen LogP contribution in [0, 0.1) is 11.3 Å². The van der Waals surface area contributed by atoms with Crippen LogP contribution in [-0.2, 0) is 14.3 Å². The van der Waals surface area contributed by atoms with Crippen LogP contribution in [0.25, 0.3) is 0 Å². The smallest absolute Gasteiger partial charge is 0.345 e. The predicted molar refractivity (Wildman–Crippen MR) is 44.4 cm³/mol. The van der Waals surface area contributed by atoms with E-state index in [4.69, 9.17) is 10.4 Å². The third-order valence-corrected chi connectivity index (χ3v) is 0.642. The van der Waals surface area contributed by atoms with Gasteiger partial charge in [-0.05, 0) is 0 Å². The first-order chi connectivity index (χ1) is 5.95. The van der Waals surface area contributed by atoms with E-state index in [1.807, 2.05) is 0 Å². The second-order valence-corrected chi connectivity index (χ2v) is 1.67. The van der Waals surface area contributed by atoms with Crippen molar-refractivity contribution in [2.45, 2.75) is 6.92 Å². The number of esters is 1. The molecule has 70 valence electrons. The second kappa shape index (κ2) is 8.01. The number of nitriles is 1. The highest BCUT2D eigenvalue weighted by Crippen LogP contribution is 1.81. The monoisotopic (exact) mass is 183 g/mol. The minimum Gasteiger partial charge on any atom is -0.477 e. The quantitative estimate of drug-likeness (QED) is 0.296. The molecule has 0 atom stereocenters. The van der Waals surface area contributed by atoms with Crippen LogP contribution in [0.3, 0.4) is 0 Å². The Labute approximate surface area is 75.5 Å². The van der Waals surface area contributed by atoms with E-state index in [1.54, 1.807) is 0 Å². The molecule has 0 saturated heterocycles. The summed E-state index contributed by atoms with van der Waals surface area (Å²) in [6.45, 7) is 7.39. The summed E-state index contributed by atoms with van der Waals surface area (Å²) in [6.07, 6.45) is 1.10. The van der Waals surface area contributed by atoms with Gasteiger partial charge < -0.3 is 9.84 Å². The minimum absolute atomic E-state index is 0.329. The predicted octanol–water partition coefficient (Wildman–Crippen LogP) is 0.844. The van der Waals surface area contributed by atoms with Crippen LogP contribution in [-0.4, -0.2) is 17.0 Å². The van der Waals surface area contributed by atoms with Gasteiger partial charge in [0, 0.05) is 6.92 Å². The minimum atomic E-state index is -1.26. The van der Waals surface area contributed by atoms with Crippen molar-refractivity contribution in [1.82, 2.24) is 0 Å². The first-order valence-electron chi connectivity index (χ1n) is 3.06. The van der Waals surface area contributed by atoms with E-state index < -0.39 is 11.5 Å². The molecule has 5 nitrogen and oxygen atoms in total. The molecule has 0 radical (unpaired) electrons. The number of hydrogen-bond acceptors (Lipinski definition) is 4. The van der Waals surface area contributed by atoms with Gasteiger partial charge in [0.15, 0.2) is 0 Å². The lowest BCUT2D eigenvalue weighted by Gasteiger charge is -1.83. The fourth-order valence-electron chi connectivity index (χ4n) is 0.165. The maximum absolute atomic E-state index is 9.75. The highest BCUT2D eigenvalue weighted by Gasteiger charge is 1.97. The summed E-state index contributed by atoms with van der Waals surface area (Å²) in [5, 5.41) is 15.6. The summed E-state index contributed by atoms with van der Waals surface area (Å²) in [5.74, 6) is -1.59. The molecule has 13 heavy (non-hydrogen) atoms. The third kappa shape index (κ3) is 13.0. The number of nitrogens with zero attached hydrogens (tertiary/aromatic N) is 1. The Balaban J connectivity index is 0. The van der Waals surface area contributed by atoms with E-state index in [-0.39, 0.29) is 5.97 Å². The van der Waals surface area contributed by atoms with Crippen molar-refractivity contribution >= 4 is 11.9 Å². The van der Waals surface area contributed by atoms with Crippen LogP contribution in [0.1, 0.15) is 6.92 Å². The van der Waals surface area contributed by atoms with Crippen LogP contribution in [0.2, 0.25) is 0 Å². The van der Waals surface area contributed by atoms with Crippen LogP contribution in [0.5, 0.6) is 0 Å². The van der Waals surface area contributed by atoms with Gasteiger partial charge in [-0.25, -0.2) is 4.79 Å². The molecule has 0 aliphatic heterocycles. The van der Waals surface area contributed by atoms with Crippen molar-refractivity contribution < 1.29 is 19.4 Å². The summed E-state index contributed by atoms with van der Waals surface area (Å²) >= 11 is 0. The number of carbonyl (C=O) groups is 2. The van der Waals surface area contributed by atoms with Gasteiger partial charge in [0.1, 0.15) is 11.6 Å². The summed E-state index contributed by atoms with van der Waals surface area (Å²) in [5.41, 5.74) is -0.431. The van der Waals surface area contributed by atoms with Crippen LogP contribution < -0.4 is 0 Å². The van der Waals surface area contributed by atoms with Crippen molar-refractivity contribution in [3.8, 4) is 6.07 Å². The number of carbonyl (C=O) groups excluding carboxylic acids is 1. The summed E-state index contributed by atoms with van der Waals surface area (Å²) in [7, 11) is 0. The average molecular weight is 183 g/mol. The molecule has 1 N–H and O–H groups in total. The molecule has 0 bridgehead atoms. The van der Waals surface area contributed by atoms with Crippen molar-refractivity contribution in [3.63, 3.8) is 0 Å². The lowest BCUT2D eigenvalue weighted by Crippen LogP contribution is -1.94. The van der Waals surface area contributed by atoms with Crippen molar-refractivity contribution in [2.24, 2.45) is 0 Å². The first kappa shape index (κ1) is 13.5. The normalized spacial score (nSPS) is 6.77. The Kier molecular flexibility index (Phi) is 8.32. The van der Waals surface area contributed by atoms with Gasteiger partial charge in [-0.3, -0.25) is 4.79 Å². The van der Waals surface area contributed by atoms with Crippen molar-refractivity contribution in [3.05, 3.63) is 25.0 Å². The maximum Gasteiger partial charge on any atom is 0.345 e. The maximum atomic E-state index is 9.75. The fourth-order valence-corrected chi connectivity index (χ4v) is 0.165. The zero-order valence-corrected chi connectivity index (χ0v) is 7.11. The van der Waals surface area contributed by atoms with Gasteiger partial charge in [-0.1, -0.05) is 13.2 Å². The average Bonchev–Trinajstić information content (AvgIpc) is 2.03. The largest absolute Gasteiger partial charge is 0.477 e. The molecular weight excluding hydrogens is 174 g/mol. The van der Waals surface area contributed by atoms with Gasteiger partial charge in [0.25, 0.3) is 0 Å². The third-order valence-electron chi connectivity index (χ3n) is 0.642. The molecule has 0 aromatic carbocycles. The van der Waals surface area contributed by atoms with Crippen LogP contribution in [0.4, 0.5) is 0 Å². The summed E-state index contributed by atoms with van der Waals surface area (Å²) < 4.78 is 4.17. The molecule has 5 heteroatoms. The van der Waals surface area contributed by atoms with E-state index >= 15 is 0 Å². The molecule has 0 aromatic heterocycles. The standard InChI is InChI=1S/C4H3NO2.C4H6O2/c1-3(2-5)4(6)7;1-3-6-4(2)5/h1H2,(H,6,7);3H,1H2,2H3.